The normalized spacial score (nSPS) is 11.2. The number of hydrogen-bond donors (Lipinski definition) is 2. The molecule has 0 unspecified atom stereocenters. The van der Waals surface area contributed by atoms with Gasteiger partial charge in [-0.25, -0.2) is 8.42 Å². The van der Waals surface area contributed by atoms with Crippen molar-refractivity contribution < 1.29 is 22.7 Å². The molecule has 0 heterocycles. The molecule has 0 aromatic heterocycles. The fourth-order valence-corrected chi connectivity index (χ4v) is 2.95. The van der Waals surface area contributed by atoms with Crippen molar-refractivity contribution in [2.45, 2.75) is 0 Å². The number of halogens is 1. The minimum Gasteiger partial charge on any atom is -0.468 e. The molecule has 2 rings (SSSR count). The molecule has 0 spiro atoms. The van der Waals surface area contributed by atoms with Gasteiger partial charge in [0.15, 0.2) is 0 Å². The Morgan fingerprint density at radius 1 is 1.07 bits per heavy atom. The third-order valence-electron chi connectivity index (χ3n) is 3.34. The summed E-state index contributed by atoms with van der Waals surface area (Å²) in [4.78, 5) is 22.9. The van der Waals surface area contributed by atoms with Gasteiger partial charge in [0, 0.05) is 16.3 Å². The van der Waals surface area contributed by atoms with Crippen molar-refractivity contribution in [3.63, 3.8) is 0 Å². The van der Waals surface area contributed by atoms with Crippen LogP contribution in [-0.4, -0.2) is 33.9 Å². The van der Waals surface area contributed by atoms with Crippen molar-refractivity contribution in [2.75, 3.05) is 18.4 Å². The molecule has 0 saturated carbocycles. The second-order valence-corrected chi connectivity index (χ2v) is 7.34. The van der Waals surface area contributed by atoms with Gasteiger partial charge in [-0.1, -0.05) is 23.7 Å². The smallest absolute Gasteiger partial charge is 0.325 e. The number of anilines is 1. The maximum Gasteiger partial charge on any atom is 0.325 e. The number of carbonyl (C=O) groups is 2. The molecule has 2 N–H and O–H groups in total. The molecule has 0 atom stereocenters. The highest BCUT2D eigenvalue weighted by atomic mass is 35.5. The van der Waals surface area contributed by atoms with Crippen LogP contribution in [0.25, 0.3) is 6.08 Å². The molecule has 0 radical (unpaired) electrons. The summed E-state index contributed by atoms with van der Waals surface area (Å²) in [5.74, 6) is -1.04. The SMILES string of the molecule is COC(=O)CNC(=O)c1ccc(NS(=O)(=O)/C=C/c2ccc(Cl)cc2)cc1. The molecule has 7 nitrogen and oxygen atoms in total. The molecule has 0 fully saturated rings. The number of sulfonamides is 1. The molecule has 2 aromatic rings. The monoisotopic (exact) mass is 408 g/mol. The van der Waals surface area contributed by atoms with Gasteiger partial charge in [-0.05, 0) is 48.0 Å². The van der Waals surface area contributed by atoms with E-state index in [-0.39, 0.29) is 12.1 Å². The van der Waals surface area contributed by atoms with E-state index in [4.69, 9.17) is 11.6 Å². The van der Waals surface area contributed by atoms with E-state index in [1.54, 1.807) is 24.3 Å². The lowest BCUT2D eigenvalue weighted by Crippen LogP contribution is -2.30. The summed E-state index contributed by atoms with van der Waals surface area (Å²) in [5, 5.41) is 3.98. The lowest BCUT2D eigenvalue weighted by molar-refractivity contribution is -0.139. The molecule has 142 valence electrons. The first-order valence-corrected chi connectivity index (χ1v) is 9.63. The third-order valence-corrected chi connectivity index (χ3v) is 4.60. The van der Waals surface area contributed by atoms with Crippen LogP contribution in [0.2, 0.25) is 5.02 Å². The van der Waals surface area contributed by atoms with Crippen LogP contribution in [0.5, 0.6) is 0 Å². The molecule has 2 aromatic carbocycles. The fourth-order valence-electron chi connectivity index (χ4n) is 1.96. The van der Waals surface area contributed by atoms with Crippen LogP contribution < -0.4 is 10.0 Å². The summed E-state index contributed by atoms with van der Waals surface area (Å²) in [7, 11) is -2.51. The number of ether oxygens (including phenoxy) is 1. The lowest BCUT2D eigenvalue weighted by atomic mass is 10.2. The summed E-state index contributed by atoms with van der Waals surface area (Å²) >= 11 is 5.78. The third kappa shape index (κ3) is 6.76. The molecule has 0 aliphatic rings. The zero-order chi connectivity index (χ0) is 19.9. The van der Waals surface area contributed by atoms with Crippen LogP contribution in [0.4, 0.5) is 5.69 Å². The van der Waals surface area contributed by atoms with Gasteiger partial charge in [-0.3, -0.25) is 14.3 Å². The summed E-state index contributed by atoms with van der Waals surface area (Å²) in [6.45, 7) is -0.251. The Morgan fingerprint density at radius 3 is 2.30 bits per heavy atom. The van der Waals surface area contributed by atoms with E-state index < -0.39 is 21.9 Å². The number of amides is 1. The Kier molecular flexibility index (Phi) is 6.98. The molecule has 9 heteroatoms. The van der Waals surface area contributed by atoms with E-state index in [0.717, 1.165) is 5.41 Å². The first-order chi connectivity index (χ1) is 12.8. The van der Waals surface area contributed by atoms with Crippen molar-refractivity contribution >= 4 is 45.3 Å². The number of nitrogens with one attached hydrogen (secondary N) is 2. The first kappa shape index (κ1) is 20.5. The van der Waals surface area contributed by atoms with Crippen molar-refractivity contribution in [2.24, 2.45) is 0 Å². The Hall–Kier alpha value is -2.84. The van der Waals surface area contributed by atoms with Gasteiger partial charge in [0.05, 0.1) is 12.5 Å². The van der Waals surface area contributed by atoms with Crippen LogP contribution >= 0.6 is 11.6 Å². The number of carbonyl (C=O) groups excluding carboxylic acids is 2. The average Bonchev–Trinajstić information content (AvgIpc) is 2.65. The Morgan fingerprint density at radius 2 is 1.70 bits per heavy atom. The van der Waals surface area contributed by atoms with E-state index in [0.29, 0.717) is 16.3 Å². The van der Waals surface area contributed by atoms with Gasteiger partial charge in [-0.2, -0.15) is 0 Å². The summed E-state index contributed by atoms with van der Waals surface area (Å²) < 4.78 is 31.0. The number of benzene rings is 2. The summed E-state index contributed by atoms with van der Waals surface area (Å²) in [6, 6.07) is 12.5. The predicted molar refractivity (Wildman–Crippen MR) is 104 cm³/mol. The number of methoxy groups -OCH3 is 1. The maximum absolute atomic E-state index is 12.1. The van der Waals surface area contributed by atoms with Crippen LogP contribution in [0.15, 0.2) is 53.9 Å². The number of hydrogen-bond acceptors (Lipinski definition) is 5. The van der Waals surface area contributed by atoms with Gasteiger partial charge >= 0.3 is 5.97 Å². The van der Waals surface area contributed by atoms with Gasteiger partial charge < -0.3 is 10.1 Å². The number of esters is 1. The quantitative estimate of drug-likeness (QED) is 0.686. The minimum absolute atomic E-state index is 0.251. The Bertz CT molecular complexity index is 939. The maximum atomic E-state index is 12.1. The average molecular weight is 409 g/mol. The lowest BCUT2D eigenvalue weighted by Gasteiger charge is -2.07. The zero-order valence-corrected chi connectivity index (χ0v) is 15.9. The summed E-state index contributed by atoms with van der Waals surface area (Å²) in [6.07, 6.45) is 1.44. The van der Waals surface area contributed by atoms with Crippen LogP contribution in [-0.2, 0) is 19.6 Å². The van der Waals surface area contributed by atoms with E-state index in [1.165, 1.54) is 37.5 Å². The van der Waals surface area contributed by atoms with Crippen LogP contribution in [0.3, 0.4) is 0 Å². The van der Waals surface area contributed by atoms with Crippen LogP contribution in [0, 0.1) is 0 Å². The van der Waals surface area contributed by atoms with Gasteiger partial charge in [0.2, 0.25) is 0 Å². The van der Waals surface area contributed by atoms with Gasteiger partial charge in [0.1, 0.15) is 6.54 Å². The standard InChI is InChI=1S/C18H17ClN2O5S/c1-26-17(22)12-20-18(23)14-4-8-16(9-5-14)21-27(24,25)11-10-13-2-6-15(19)7-3-13/h2-11,21H,12H2,1H3,(H,20,23)/b11-10+. The highest BCUT2D eigenvalue weighted by Crippen LogP contribution is 2.14. The minimum atomic E-state index is -3.73. The van der Waals surface area contributed by atoms with Crippen LogP contribution in [0.1, 0.15) is 15.9 Å². The second kappa shape index (κ2) is 9.20. The predicted octanol–water partition coefficient (Wildman–Crippen LogP) is 2.66. The van der Waals surface area contributed by atoms with Gasteiger partial charge in [0.25, 0.3) is 15.9 Å². The van der Waals surface area contributed by atoms with Crippen molar-refractivity contribution in [1.29, 1.82) is 0 Å². The van der Waals surface area contributed by atoms with Crippen molar-refractivity contribution in [3.8, 4) is 0 Å². The van der Waals surface area contributed by atoms with E-state index in [1.807, 2.05) is 0 Å². The Balaban J connectivity index is 1.99. The van der Waals surface area contributed by atoms with Crippen molar-refractivity contribution in [3.05, 3.63) is 70.1 Å². The molecule has 1 amide bonds. The highest BCUT2D eigenvalue weighted by Gasteiger charge is 2.10. The van der Waals surface area contributed by atoms with E-state index in [9.17, 15) is 18.0 Å². The van der Waals surface area contributed by atoms with Gasteiger partial charge in [-0.15, -0.1) is 0 Å². The Labute approximate surface area is 162 Å². The van der Waals surface area contributed by atoms with E-state index >= 15 is 0 Å². The molecule has 0 saturated heterocycles. The van der Waals surface area contributed by atoms with E-state index in [2.05, 4.69) is 14.8 Å². The summed E-state index contributed by atoms with van der Waals surface area (Å²) in [5.41, 5.74) is 1.25. The van der Waals surface area contributed by atoms with Crippen molar-refractivity contribution in [1.82, 2.24) is 5.32 Å². The molecule has 0 aliphatic carbocycles. The molecule has 27 heavy (non-hydrogen) atoms. The zero-order valence-electron chi connectivity index (χ0n) is 14.3. The number of rotatable bonds is 7. The molecular formula is C18H17ClN2O5S. The highest BCUT2D eigenvalue weighted by molar-refractivity contribution is 7.95. The first-order valence-electron chi connectivity index (χ1n) is 7.70. The molecular weight excluding hydrogens is 392 g/mol. The molecule has 0 aliphatic heterocycles. The second-order valence-electron chi connectivity index (χ2n) is 5.34. The molecule has 0 bridgehead atoms. The fraction of sp³-hybridized carbons (Fsp3) is 0.111. The topological polar surface area (TPSA) is 102 Å². The largest absolute Gasteiger partial charge is 0.468 e.